The number of carbonyl (C=O) groups is 2. The molecule has 2 aromatic carbocycles. The quantitative estimate of drug-likeness (QED) is 0.334. The van der Waals surface area contributed by atoms with Gasteiger partial charge in [0.2, 0.25) is 0 Å². The number of nitrogens with zero attached hydrogens (tertiary/aromatic N) is 3. The van der Waals surface area contributed by atoms with Gasteiger partial charge in [0, 0.05) is 35.4 Å². The van der Waals surface area contributed by atoms with Gasteiger partial charge < -0.3 is 5.32 Å². The van der Waals surface area contributed by atoms with Crippen molar-refractivity contribution in [1.82, 2.24) is 9.88 Å². The first-order valence-corrected chi connectivity index (χ1v) is 10.4. The highest BCUT2D eigenvalue weighted by molar-refractivity contribution is 7.80. The van der Waals surface area contributed by atoms with Crippen molar-refractivity contribution in [3.8, 4) is 0 Å². The number of para-hydroxylation sites is 1. The molecule has 3 aromatic rings. The molecule has 1 fully saturated rings. The van der Waals surface area contributed by atoms with Crippen molar-refractivity contribution >= 4 is 74.6 Å². The van der Waals surface area contributed by atoms with Crippen molar-refractivity contribution < 1.29 is 9.59 Å². The summed E-state index contributed by atoms with van der Waals surface area (Å²) in [5.74, 6) is -1.35. The van der Waals surface area contributed by atoms with Crippen molar-refractivity contribution in [2.45, 2.75) is 6.42 Å². The van der Waals surface area contributed by atoms with E-state index in [0.717, 1.165) is 16.6 Å². The molecule has 0 spiro atoms. The summed E-state index contributed by atoms with van der Waals surface area (Å²) in [7, 11) is 0. The van der Waals surface area contributed by atoms with E-state index in [1.807, 2.05) is 18.2 Å². The van der Waals surface area contributed by atoms with Crippen LogP contribution in [0, 0.1) is 0 Å². The van der Waals surface area contributed by atoms with E-state index in [1.54, 1.807) is 36.5 Å². The zero-order chi connectivity index (χ0) is 21.3. The molecule has 2 amide bonds. The molecule has 0 unspecified atom stereocenters. The molecule has 1 saturated heterocycles. The predicted octanol–water partition coefficient (Wildman–Crippen LogP) is 4.50. The van der Waals surface area contributed by atoms with Gasteiger partial charge in [0.05, 0.1) is 16.2 Å². The second-order valence-electron chi connectivity index (χ2n) is 6.63. The summed E-state index contributed by atoms with van der Waals surface area (Å²) in [6.45, 7) is 0.890. The molecule has 1 aliphatic heterocycles. The number of anilines is 2. The maximum Gasteiger partial charge on any atom is 0.323 e. The number of carbonyl (C=O) groups excluding carboxylic acids is 2. The number of pyridine rings is 1. The molecule has 0 bridgehead atoms. The molecular formula is C21H16Cl2N4O2S. The summed E-state index contributed by atoms with van der Waals surface area (Å²) in [6.07, 6.45) is 2.30. The zero-order valence-electron chi connectivity index (χ0n) is 15.6. The molecule has 0 saturated carbocycles. The van der Waals surface area contributed by atoms with Gasteiger partial charge in [-0.3, -0.25) is 19.5 Å². The van der Waals surface area contributed by atoms with Crippen LogP contribution in [0.25, 0.3) is 10.9 Å². The fourth-order valence-corrected chi connectivity index (χ4v) is 4.03. The second kappa shape index (κ2) is 8.55. The highest BCUT2D eigenvalue weighted by Crippen LogP contribution is 2.30. The lowest BCUT2D eigenvalue weighted by atomic mass is 10.2. The van der Waals surface area contributed by atoms with E-state index in [9.17, 15) is 9.59 Å². The SMILES string of the molecule is O=C1C(=O)N(c2ccccc2Cl)C(=S)N1CCCNc1ccnc2cc(Cl)ccc12. The molecule has 4 rings (SSSR count). The highest BCUT2D eigenvalue weighted by Gasteiger charge is 2.42. The van der Waals surface area contributed by atoms with Crippen LogP contribution < -0.4 is 10.2 Å². The van der Waals surface area contributed by atoms with Crippen LogP contribution in [0.5, 0.6) is 0 Å². The Morgan fingerprint density at radius 3 is 2.63 bits per heavy atom. The number of thiocarbonyl (C=S) groups is 1. The number of amides is 2. The normalized spacial score (nSPS) is 14.1. The van der Waals surface area contributed by atoms with Crippen molar-refractivity contribution in [3.05, 3.63) is 64.8 Å². The summed E-state index contributed by atoms with van der Waals surface area (Å²) in [6, 6.07) is 14.2. The van der Waals surface area contributed by atoms with Crippen LogP contribution in [0.3, 0.4) is 0 Å². The fourth-order valence-electron chi connectivity index (χ4n) is 3.28. The number of rotatable bonds is 6. The van der Waals surface area contributed by atoms with Gasteiger partial charge >= 0.3 is 11.8 Å². The molecule has 6 nitrogen and oxygen atoms in total. The molecular weight excluding hydrogens is 443 g/mol. The summed E-state index contributed by atoms with van der Waals surface area (Å²) < 4.78 is 0. The lowest BCUT2D eigenvalue weighted by molar-refractivity contribution is -0.139. The lowest BCUT2D eigenvalue weighted by Crippen LogP contribution is -2.34. The monoisotopic (exact) mass is 458 g/mol. The summed E-state index contributed by atoms with van der Waals surface area (Å²) >= 11 is 17.6. The number of benzene rings is 2. The van der Waals surface area contributed by atoms with Gasteiger partial charge in [-0.2, -0.15) is 0 Å². The lowest BCUT2D eigenvalue weighted by Gasteiger charge is -2.19. The van der Waals surface area contributed by atoms with Crippen LogP contribution in [-0.4, -0.2) is 39.9 Å². The summed E-state index contributed by atoms with van der Waals surface area (Å²) in [4.78, 5) is 31.7. The van der Waals surface area contributed by atoms with Crippen LogP contribution in [0.4, 0.5) is 11.4 Å². The van der Waals surface area contributed by atoms with E-state index in [1.165, 1.54) is 9.80 Å². The van der Waals surface area contributed by atoms with E-state index in [2.05, 4.69) is 10.3 Å². The van der Waals surface area contributed by atoms with Crippen molar-refractivity contribution in [2.24, 2.45) is 0 Å². The third-order valence-electron chi connectivity index (χ3n) is 4.73. The van der Waals surface area contributed by atoms with Gasteiger partial charge in [0.1, 0.15) is 0 Å². The Bertz CT molecular complexity index is 1170. The molecule has 1 aliphatic rings. The minimum Gasteiger partial charge on any atom is -0.384 e. The van der Waals surface area contributed by atoms with Crippen LogP contribution in [0.15, 0.2) is 54.7 Å². The first-order chi connectivity index (χ1) is 14.5. The number of nitrogens with one attached hydrogen (secondary N) is 1. The van der Waals surface area contributed by atoms with Crippen LogP contribution >= 0.6 is 35.4 Å². The maximum absolute atomic E-state index is 12.5. The van der Waals surface area contributed by atoms with Gasteiger partial charge in [-0.05, 0) is 55.0 Å². The molecule has 0 aliphatic carbocycles. The topological polar surface area (TPSA) is 65.5 Å². The Balaban J connectivity index is 1.41. The minimum atomic E-state index is -0.696. The number of halogens is 2. The fraction of sp³-hybridized carbons (Fsp3) is 0.143. The third kappa shape index (κ3) is 3.84. The van der Waals surface area contributed by atoms with E-state index < -0.39 is 11.8 Å². The number of hydrogen-bond acceptors (Lipinski definition) is 5. The highest BCUT2D eigenvalue weighted by atomic mass is 35.5. The Labute approximate surface area is 188 Å². The van der Waals surface area contributed by atoms with Crippen molar-refractivity contribution in [3.63, 3.8) is 0 Å². The smallest absolute Gasteiger partial charge is 0.323 e. The average Bonchev–Trinajstić information content (AvgIpc) is 2.94. The van der Waals surface area contributed by atoms with Gasteiger partial charge in [0.15, 0.2) is 5.11 Å². The Morgan fingerprint density at radius 2 is 1.83 bits per heavy atom. The second-order valence-corrected chi connectivity index (χ2v) is 7.84. The molecule has 0 atom stereocenters. The number of fused-ring (bicyclic) bond motifs is 1. The Hall–Kier alpha value is -2.74. The molecule has 2 heterocycles. The summed E-state index contributed by atoms with van der Waals surface area (Å²) in [5, 5.41) is 5.42. The van der Waals surface area contributed by atoms with Gasteiger partial charge in [-0.15, -0.1) is 0 Å². The van der Waals surface area contributed by atoms with Crippen LogP contribution in [0.2, 0.25) is 10.0 Å². The zero-order valence-corrected chi connectivity index (χ0v) is 18.0. The molecule has 0 radical (unpaired) electrons. The molecule has 1 N–H and O–H groups in total. The van der Waals surface area contributed by atoms with E-state index in [-0.39, 0.29) is 5.11 Å². The predicted molar refractivity (Wildman–Crippen MR) is 123 cm³/mol. The van der Waals surface area contributed by atoms with E-state index in [0.29, 0.717) is 35.2 Å². The largest absolute Gasteiger partial charge is 0.384 e. The number of hydrogen-bond donors (Lipinski definition) is 1. The Kier molecular flexibility index (Phi) is 5.85. The average molecular weight is 459 g/mol. The van der Waals surface area contributed by atoms with Crippen molar-refractivity contribution in [2.75, 3.05) is 23.3 Å². The van der Waals surface area contributed by atoms with E-state index >= 15 is 0 Å². The molecule has 30 heavy (non-hydrogen) atoms. The minimum absolute atomic E-state index is 0.141. The summed E-state index contributed by atoms with van der Waals surface area (Å²) in [5.41, 5.74) is 2.12. The Morgan fingerprint density at radius 1 is 1.03 bits per heavy atom. The molecule has 152 valence electrons. The van der Waals surface area contributed by atoms with Crippen LogP contribution in [-0.2, 0) is 9.59 Å². The van der Waals surface area contributed by atoms with Gasteiger partial charge in [-0.25, -0.2) is 4.90 Å². The van der Waals surface area contributed by atoms with Gasteiger partial charge in [-0.1, -0.05) is 35.3 Å². The third-order valence-corrected chi connectivity index (χ3v) is 5.68. The van der Waals surface area contributed by atoms with Crippen molar-refractivity contribution in [1.29, 1.82) is 0 Å². The molecule has 1 aromatic heterocycles. The van der Waals surface area contributed by atoms with E-state index in [4.69, 9.17) is 35.4 Å². The van der Waals surface area contributed by atoms with Crippen LogP contribution in [0.1, 0.15) is 6.42 Å². The number of aromatic nitrogens is 1. The maximum atomic E-state index is 12.5. The first kappa shape index (κ1) is 20.5. The first-order valence-electron chi connectivity index (χ1n) is 9.20. The standard InChI is InChI=1S/C21H16Cl2N4O2S/c22-13-6-7-14-16(8-10-25-17(14)12-13)24-9-3-11-26-19(28)20(29)27(21(26)30)18-5-2-1-4-15(18)23/h1-2,4-8,10,12H,3,9,11H2,(H,24,25). The van der Waals surface area contributed by atoms with Gasteiger partial charge in [0.25, 0.3) is 0 Å². The molecule has 9 heteroatoms.